The van der Waals surface area contributed by atoms with E-state index in [0.717, 1.165) is 0 Å². The lowest BCUT2D eigenvalue weighted by molar-refractivity contribution is -0.169. The second kappa shape index (κ2) is 4.36. The molecule has 0 aliphatic carbocycles. The number of hydrogen-bond donors (Lipinski definition) is 4. The molecule has 5 heteroatoms. The summed E-state index contributed by atoms with van der Waals surface area (Å²) in [5.41, 5.74) is 5.01. The summed E-state index contributed by atoms with van der Waals surface area (Å²) in [6.45, 7) is 1.55. The first-order valence-corrected chi connectivity index (χ1v) is 5.49. The van der Waals surface area contributed by atoms with Crippen LogP contribution in [0.15, 0.2) is 30.3 Å². The van der Waals surface area contributed by atoms with Gasteiger partial charge in [-0.1, -0.05) is 30.3 Å². The molecule has 5 unspecified atom stereocenters. The third kappa shape index (κ3) is 2.08. The maximum Gasteiger partial charge on any atom is 0.183 e. The molecule has 0 bridgehead atoms. The van der Waals surface area contributed by atoms with Crippen molar-refractivity contribution in [2.45, 2.75) is 37.1 Å². The molecule has 94 valence electrons. The van der Waals surface area contributed by atoms with Crippen molar-refractivity contribution in [1.82, 2.24) is 0 Å². The predicted octanol–water partition coefficient (Wildman–Crippen LogP) is -0.701. The minimum Gasteiger partial charge on any atom is -0.386 e. The largest absolute Gasteiger partial charge is 0.386 e. The van der Waals surface area contributed by atoms with Crippen molar-refractivity contribution < 1.29 is 20.1 Å². The first-order valence-electron chi connectivity index (χ1n) is 5.49. The van der Waals surface area contributed by atoms with Crippen molar-refractivity contribution in [2.75, 3.05) is 0 Å². The van der Waals surface area contributed by atoms with Crippen molar-refractivity contribution in [1.29, 1.82) is 0 Å². The molecule has 0 spiro atoms. The Labute approximate surface area is 99.5 Å². The normalized spacial score (nSPS) is 36.8. The Hall–Kier alpha value is -0.980. The van der Waals surface area contributed by atoms with Crippen LogP contribution < -0.4 is 5.73 Å². The molecule has 0 radical (unpaired) electrons. The zero-order valence-electron chi connectivity index (χ0n) is 9.52. The van der Waals surface area contributed by atoms with E-state index < -0.39 is 30.1 Å². The predicted molar refractivity (Wildman–Crippen MR) is 60.9 cm³/mol. The minimum absolute atomic E-state index is 0.627. The van der Waals surface area contributed by atoms with E-state index in [1.807, 2.05) is 6.07 Å². The van der Waals surface area contributed by atoms with Gasteiger partial charge in [-0.3, -0.25) is 0 Å². The molecule has 1 saturated heterocycles. The molecule has 1 fully saturated rings. The summed E-state index contributed by atoms with van der Waals surface area (Å²) in [6, 6.07) is 8.06. The fourth-order valence-electron chi connectivity index (χ4n) is 2.14. The molecule has 5 nitrogen and oxygen atoms in total. The van der Waals surface area contributed by atoms with Gasteiger partial charge in [0.25, 0.3) is 0 Å². The molecule has 0 saturated carbocycles. The van der Waals surface area contributed by atoms with Gasteiger partial charge in [-0.15, -0.1) is 0 Å². The summed E-state index contributed by atoms with van der Waals surface area (Å²) in [4.78, 5) is 0. The second-order valence-corrected chi connectivity index (χ2v) is 4.53. The average Bonchev–Trinajstić information content (AvgIpc) is 2.59. The van der Waals surface area contributed by atoms with E-state index in [0.29, 0.717) is 5.56 Å². The highest BCUT2D eigenvalue weighted by Gasteiger charge is 2.49. The monoisotopic (exact) mass is 239 g/mol. The van der Waals surface area contributed by atoms with Gasteiger partial charge in [0, 0.05) is 0 Å². The highest BCUT2D eigenvalue weighted by Crippen LogP contribution is 2.33. The van der Waals surface area contributed by atoms with Crippen LogP contribution >= 0.6 is 0 Å². The van der Waals surface area contributed by atoms with Crippen LogP contribution in [-0.4, -0.2) is 39.9 Å². The zero-order valence-corrected chi connectivity index (χ0v) is 9.52. The van der Waals surface area contributed by atoms with Gasteiger partial charge < -0.3 is 25.8 Å². The fourth-order valence-corrected chi connectivity index (χ4v) is 2.14. The van der Waals surface area contributed by atoms with Crippen LogP contribution in [0.3, 0.4) is 0 Å². The van der Waals surface area contributed by atoms with Crippen molar-refractivity contribution in [3.05, 3.63) is 35.9 Å². The standard InChI is InChI=1S/C12H17NO4/c1-12(16,7-5-3-2-4-6-7)10-8(13)9(14)11(15)17-10/h2-6,8-11,14-16H,13H2,1H3. The zero-order chi connectivity index (χ0) is 12.6. The van der Waals surface area contributed by atoms with Crippen molar-refractivity contribution in [3.63, 3.8) is 0 Å². The maximum atomic E-state index is 10.5. The average molecular weight is 239 g/mol. The first kappa shape index (κ1) is 12.5. The molecular weight excluding hydrogens is 222 g/mol. The Morgan fingerprint density at radius 3 is 2.29 bits per heavy atom. The van der Waals surface area contributed by atoms with E-state index in [1.165, 1.54) is 0 Å². The number of nitrogens with two attached hydrogens (primary N) is 1. The van der Waals surface area contributed by atoms with Gasteiger partial charge in [-0.05, 0) is 12.5 Å². The van der Waals surface area contributed by atoms with Gasteiger partial charge >= 0.3 is 0 Å². The first-order chi connectivity index (χ1) is 7.94. The highest BCUT2D eigenvalue weighted by atomic mass is 16.6. The Kier molecular flexibility index (Phi) is 3.20. The lowest BCUT2D eigenvalue weighted by atomic mass is 9.86. The number of ether oxygens (including phenoxy) is 1. The van der Waals surface area contributed by atoms with Crippen LogP contribution in [0.25, 0.3) is 0 Å². The van der Waals surface area contributed by atoms with Crippen LogP contribution in [0.4, 0.5) is 0 Å². The van der Waals surface area contributed by atoms with Crippen LogP contribution in [0.5, 0.6) is 0 Å². The SMILES string of the molecule is CC(O)(c1ccccc1)C1OC(O)C(O)C1N. The quantitative estimate of drug-likeness (QED) is 0.547. The summed E-state index contributed by atoms with van der Waals surface area (Å²) in [7, 11) is 0. The minimum atomic E-state index is -1.36. The molecule has 1 aliphatic rings. The van der Waals surface area contributed by atoms with E-state index in [2.05, 4.69) is 0 Å². The van der Waals surface area contributed by atoms with Crippen LogP contribution in [0, 0.1) is 0 Å². The number of benzene rings is 1. The molecule has 1 aromatic carbocycles. The van der Waals surface area contributed by atoms with E-state index >= 15 is 0 Å². The number of aliphatic hydroxyl groups excluding tert-OH is 2. The van der Waals surface area contributed by atoms with E-state index in [1.54, 1.807) is 31.2 Å². The lowest BCUT2D eigenvalue weighted by Crippen LogP contribution is -2.49. The molecule has 1 heterocycles. The Morgan fingerprint density at radius 1 is 1.24 bits per heavy atom. The molecule has 5 N–H and O–H groups in total. The molecule has 0 amide bonds. The van der Waals surface area contributed by atoms with Crippen molar-refractivity contribution in [2.24, 2.45) is 5.73 Å². The fraction of sp³-hybridized carbons (Fsp3) is 0.500. The molecule has 2 rings (SSSR count). The summed E-state index contributed by atoms with van der Waals surface area (Å²) in [6.07, 6.45) is -3.39. The van der Waals surface area contributed by atoms with Gasteiger partial charge in [0.2, 0.25) is 0 Å². The smallest absolute Gasteiger partial charge is 0.183 e. The van der Waals surface area contributed by atoms with Gasteiger partial charge in [-0.2, -0.15) is 0 Å². The maximum absolute atomic E-state index is 10.5. The molecule has 17 heavy (non-hydrogen) atoms. The summed E-state index contributed by atoms with van der Waals surface area (Å²) < 4.78 is 5.14. The highest BCUT2D eigenvalue weighted by molar-refractivity contribution is 5.24. The van der Waals surface area contributed by atoms with Crippen molar-refractivity contribution in [3.8, 4) is 0 Å². The third-order valence-corrected chi connectivity index (χ3v) is 3.23. The molecular formula is C12H17NO4. The Bertz CT molecular complexity index is 381. The molecule has 5 atom stereocenters. The Balaban J connectivity index is 2.28. The summed E-state index contributed by atoms with van der Waals surface area (Å²) in [5, 5.41) is 29.4. The van der Waals surface area contributed by atoms with Gasteiger partial charge in [0.1, 0.15) is 17.8 Å². The van der Waals surface area contributed by atoms with E-state index in [4.69, 9.17) is 10.5 Å². The molecule has 1 aliphatic heterocycles. The second-order valence-electron chi connectivity index (χ2n) is 4.53. The van der Waals surface area contributed by atoms with Crippen LogP contribution in [0.1, 0.15) is 12.5 Å². The van der Waals surface area contributed by atoms with Gasteiger partial charge in [-0.25, -0.2) is 0 Å². The summed E-state index contributed by atoms with van der Waals surface area (Å²) >= 11 is 0. The topological polar surface area (TPSA) is 95.9 Å². The van der Waals surface area contributed by atoms with E-state index in [9.17, 15) is 15.3 Å². The molecule has 1 aromatic rings. The number of rotatable bonds is 2. The summed E-state index contributed by atoms with van der Waals surface area (Å²) in [5.74, 6) is 0. The van der Waals surface area contributed by atoms with Crippen LogP contribution in [-0.2, 0) is 10.3 Å². The van der Waals surface area contributed by atoms with Gasteiger partial charge in [0.15, 0.2) is 6.29 Å². The Morgan fingerprint density at radius 2 is 1.82 bits per heavy atom. The third-order valence-electron chi connectivity index (χ3n) is 3.23. The van der Waals surface area contributed by atoms with Gasteiger partial charge in [0.05, 0.1) is 6.04 Å². The van der Waals surface area contributed by atoms with Crippen molar-refractivity contribution >= 4 is 0 Å². The van der Waals surface area contributed by atoms with Crippen LogP contribution in [0.2, 0.25) is 0 Å². The lowest BCUT2D eigenvalue weighted by Gasteiger charge is -2.32. The number of aliphatic hydroxyl groups is 3. The molecule has 0 aromatic heterocycles. The number of hydrogen-bond acceptors (Lipinski definition) is 5. The van der Waals surface area contributed by atoms with E-state index in [-0.39, 0.29) is 0 Å².